The minimum absolute atomic E-state index is 0.891. The van der Waals surface area contributed by atoms with Crippen LogP contribution in [0.2, 0.25) is 0 Å². The lowest BCUT2D eigenvalue weighted by Gasteiger charge is -2.07. The second-order valence-corrected chi connectivity index (χ2v) is 4.64. The first-order valence-electron chi connectivity index (χ1n) is 6.88. The number of rotatable bonds is 9. The number of hydrogen-bond acceptors (Lipinski definition) is 2. The fraction of sp³-hybridized carbons (Fsp3) is 0.600. The van der Waals surface area contributed by atoms with E-state index in [1.54, 1.807) is 0 Å². The number of benzene rings is 1. The molecule has 0 aromatic heterocycles. The van der Waals surface area contributed by atoms with Gasteiger partial charge in [-0.1, -0.05) is 57.2 Å². The molecule has 0 aliphatic carbocycles. The molecule has 2 nitrogen and oxygen atoms in total. The lowest BCUT2D eigenvalue weighted by molar-refractivity contribution is 0.572. The smallest absolute Gasteiger partial charge is 0.0359 e. The molecule has 0 saturated heterocycles. The van der Waals surface area contributed by atoms with Crippen molar-refractivity contribution in [3.63, 3.8) is 0 Å². The quantitative estimate of drug-likeness (QED) is 0.505. The summed E-state index contributed by atoms with van der Waals surface area (Å²) in [6, 6.07) is 8.07. The fourth-order valence-electron chi connectivity index (χ4n) is 1.95. The molecule has 2 heteroatoms. The number of para-hydroxylation sites is 1. The van der Waals surface area contributed by atoms with Crippen LogP contribution in [0.25, 0.3) is 0 Å². The number of anilines is 1. The third kappa shape index (κ3) is 6.32. The molecule has 0 atom stereocenters. The van der Waals surface area contributed by atoms with Gasteiger partial charge in [0.05, 0.1) is 0 Å². The lowest BCUT2D eigenvalue weighted by Crippen LogP contribution is -2.15. The minimum Gasteiger partial charge on any atom is -0.398 e. The van der Waals surface area contributed by atoms with Gasteiger partial charge in [-0.15, -0.1) is 0 Å². The number of hydrogen-bond donors (Lipinski definition) is 2. The van der Waals surface area contributed by atoms with Gasteiger partial charge in [0.2, 0.25) is 0 Å². The Labute approximate surface area is 106 Å². The van der Waals surface area contributed by atoms with Crippen molar-refractivity contribution in [1.29, 1.82) is 0 Å². The zero-order valence-corrected chi connectivity index (χ0v) is 11.0. The van der Waals surface area contributed by atoms with Crippen LogP contribution in [0.4, 0.5) is 5.69 Å². The van der Waals surface area contributed by atoms with E-state index in [4.69, 9.17) is 5.73 Å². The van der Waals surface area contributed by atoms with Gasteiger partial charge in [0.25, 0.3) is 0 Å². The standard InChI is InChI=1S/C15H26N2/c1-2-3-4-5-6-9-12-17-13-14-10-7-8-11-15(14)16/h7-8,10-11,17H,2-6,9,12-13,16H2,1H3. The van der Waals surface area contributed by atoms with Crippen LogP contribution < -0.4 is 11.1 Å². The molecule has 3 N–H and O–H groups in total. The molecule has 96 valence electrons. The van der Waals surface area contributed by atoms with Crippen LogP contribution in [-0.2, 0) is 6.54 Å². The Kier molecular flexibility index (Phi) is 7.48. The highest BCUT2D eigenvalue weighted by molar-refractivity contribution is 5.46. The largest absolute Gasteiger partial charge is 0.398 e. The van der Waals surface area contributed by atoms with Gasteiger partial charge >= 0.3 is 0 Å². The highest BCUT2D eigenvalue weighted by Crippen LogP contribution is 2.09. The molecule has 0 amide bonds. The third-order valence-corrected chi connectivity index (χ3v) is 3.08. The van der Waals surface area contributed by atoms with Crippen LogP contribution in [0.1, 0.15) is 51.0 Å². The van der Waals surface area contributed by atoms with E-state index in [9.17, 15) is 0 Å². The Hall–Kier alpha value is -1.02. The Morgan fingerprint density at radius 2 is 1.71 bits per heavy atom. The number of unbranched alkanes of at least 4 members (excludes halogenated alkanes) is 5. The average Bonchev–Trinajstić information content (AvgIpc) is 2.35. The van der Waals surface area contributed by atoms with E-state index in [0.29, 0.717) is 0 Å². The summed E-state index contributed by atoms with van der Waals surface area (Å²) in [6.07, 6.45) is 8.10. The van der Waals surface area contributed by atoms with Crippen LogP contribution in [0.15, 0.2) is 24.3 Å². The molecule has 1 aromatic rings. The highest BCUT2D eigenvalue weighted by Gasteiger charge is 1.96. The fourth-order valence-corrected chi connectivity index (χ4v) is 1.95. The Balaban J connectivity index is 1.99. The Morgan fingerprint density at radius 1 is 1.00 bits per heavy atom. The van der Waals surface area contributed by atoms with Crippen molar-refractivity contribution in [3.05, 3.63) is 29.8 Å². The van der Waals surface area contributed by atoms with Crippen molar-refractivity contribution < 1.29 is 0 Å². The maximum Gasteiger partial charge on any atom is 0.0359 e. The highest BCUT2D eigenvalue weighted by atomic mass is 14.8. The second-order valence-electron chi connectivity index (χ2n) is 4.64. The summed E-state index contributed by atoms with van der Waals surface area (Å²) in [5, 5.41) is 3.45. The van der Waals surface area contributed by atoms with Gasteiger partial charge in [-0.2, -0.15) is 0 Å². The van der Waals surface area contributed by atoms with Crippen molar-refractivity contribution in [2.75, 3.05) is 12.3 Å². The van der Waals surface area contributed by atoms with Crippen LogP contribution in [0, 0.1) is 0 Å². The van der Waals surface area contributed by atoms with Crippen molar-refractivity contribution in [2.24, 2.45) is 0 Å². The van der Waals surface area contributed by atoms with E-state index in [1.165, 1.54) is 44.1 Å². The van der Waals surface area contributed by atoms with E-state index >= 15 is 0 Å². The summed E-state index contributed by atoms with van der Waals surface area (Å²) >= 11 is 0. The van der Waals surface area contributed by atoms with E-state index in [0.717, 1.165) is 18.8 Å². The van der Waals surface area contributed by atoms with Crippen LogP contribution in [0.5, 0.6) is 0 Å². The van der Waals surface area contributed by atoms with Crippen molar-refractivity contribution >= 4 is 5.69 Å². The monoisotopic (exact) mass is 234 g/mol. The molecule has 1 rings (SSSR count). The van der Waals surface area contributed by atoms with E-state index in [1.807, 2.05) is 18.2 Å². The van der Waals surface area contributed by atoms with Gasteiger partial charge in [0, 0.05) is 12.2 Å². The first kappa shape index (κ1) is 14.0. The molecule has 0 fully saturated rings. The predicted octanol–water partition coefficient (Wildman–Crippen LogP) is 3.72. The maximum absolute atomic E-state index is 5.88. The van der Waals surface area contributed by atoms with Gasteiger partial charge in [0.15, 0.2) is 0 Å². The van der Waals surface area contributed by atoms with Crippen molar-refractivity contribution in [1.82, 2.24) is 5.32 Å². The van der Waals surface area contributed by atoms with Gasteiger partial charge in [0.1, 0.15) is 0 Å². The van der Waals surface area contributed by atoms with Gasteiger partial charge in [-0.3, -0.25) is 0 Å². The summed E-state index contributed by atoms with van der Waals surface area (Å²) < 4.78 is 0. The molecular weight excluding hydrogens is 208 g/mol. The van der Waals surface area contributed by atoms with Crippen LogP contribution in [0.3, 0.4) is 0 Å². The Bertz CT molecular complexity index is 297. The SMILES string of the molecule is CCCCCCCCNCc1ccccc1N. The second kappa shape index (κ2) is 9.06. The average molecular weight is 234 g/mol. The van der Waals surface area contributed by atoms with E-state index in [2.05, 4.69) is 18.3 Å². The van der Waals surface area contributed by atoms with Gasteiger partial charge < -0.3 is 11.1 Å². The summed E-state index contributed by atoms with van der Waals surface area (Å²) in [5.41, 5.74) is 7.97. The first-order valence-corrected chi connectivity index (χ1v) is 6.88. The molecule has 17 heavy (non-hydrogen) atoms. The first-order chi connectivity index (χ1) is 8.34. The van der Waals surface area contributed by atoms with Crippen molar-refractivity contribution in [2.45, 2.75) is 52.0 Å². The molecule has 0 bridgehead atoms. The lowest BCUT2D eigenvalue weighted by atomic mass is 10.1. The van der Waals surface area contributed by atoms with Gasteiger partial charge in [-0.25, -0.2) is 0 Å². The normalized spacial score (nSPS) is 10.6. The summed E-state index contributed by atoms with van der Waals surface area (Å²) in [7, 11) is 0. The molecule has 0 spiro atoms. The van der Waals surface area contributed by atoms with Crippen LogP contribution >= 0.6 is 0 Å². The molecule has 0 heterocycles. The third-order valence-electron chi connectivity index (χ3n) is 3.08. The molecule has 0 unspecified atom stereocenters. The molecular formula is C15H26N2. The Morgan fingerprint density at radius 3 is 2.47 bits per heavy atom. The molecule has 0 aliphatic heterocycles. The molecule has 0 saturated carbocycles. The molecule has 0 aliphatic rings. The van der Waals surface area contributed by atoms with E-state index < -0.39 is 0 Å². The number of nitrogen functional groups attached to an aromatic ring is 1. The van der Waals surface area contributed by atoms with Gasteiger partial charge in [-0.05, 0) is 24.6 Å². The predicted molar refractivity (Wildman–Crippen MR) is 75.9 cm³/mol. The number of nitrogens with two attached hydrogens (primary N) is 1. The minimum atomic E-state index is 0.891. The summed E-state index contributed by atoms with van der Waals surface area (Å²) in [6.45, 7) is 4.24. The number of nitrogens with one attached hydrogen (secondary N) is 1. The summed E-state index contributed by atoms with van der Waals surface area (Å²) in [4.78, 5) is 0. The van der Waals surface area contributed by atoms with Crippen molar-refractivity contribution in [3.8, 4) is 0 Å². The molecule has 0 radical (unpaired) electrons. The summed E-state index contributed by atoms with van der Waals surface area (Å²) in [5.74, 6) is 0. The molecule has 1 aromatic carbocycles. The zero-order chi connectivity index (χ0) is 12.3. The van der Waals surface area contributed by atoms with Crippen LogP contribution in [-0.4, -0.2) is 6.54 Å². The maximum atomic E-state index is 5.88. The van der Waals surface area contributed by atoms with E-state index in [-0.39, 0.29) is 0 Å². The zero-order valence-electron chi connectivity index (χ0n) is 11.0. The topological polar surface area (TPSA) is 38.0 Å².